The lowest BCUT2D eigenvalue weighted by molar-refractivity contribution is -0.00000215. The summed E-state index contributed by atoms with van der Waals surface area (Å²) >= 11 is 5.78. The third-order valence-corrected chi connectivity index (χ3v) is 1.79. The maximum Gasteiger partial charge on any atom is 0.344 e. The van der Waals surface area contributed by atoms with Gasteiger partial charge in [0.25, 0.3) is 6.57 Å². The number of nitrogens with zero attached hydrogens (tertiary/aromatic N) is 1. The van der Waals surface area contributed by atoms with E-state index in [1.54, 1.807) is 0 Å². The van der Waals surface area contributed by atoms with Crippen LogP contribution < -0.4 is 12.4 Å². The third kappa shape index (κ3) is 2.91. The Labute approximate surface area is 89.4 Å². The Morgan fingerprint density at radius 3 is 2.42 bits per heavy atom. The monoisotopic (exact) mass is 223 g/mol. The van der Waals surface area contributed by atoms with E-state index in [1.807, 2.05) is 25.1 Å². The lowest BCUT2D eigenvalue weighted by Crippen LogP contribution is -3.00. The molecule has 1 rings (SSSR count). The van der Waals surface area contributed by atoms with Crippen LogP contribution in [-0.2, 0) is 0 Å². The van der Waals surface area contributed by atoms with E-state index in [9.17, 15) is 0 Å². The predicted octanol–water partition coefficient (Wildman–Crippen LogP) is 0.668. The summed E-state index contributed by atoms with van der Waals surface area (Å²) in [5, 5.41) is 0.701. The van der Waals surface area contributed by atoms with Crippen molar-refractivity contribution in [3.05, 3.63) is 33.6 Å². The van der Waals surface area contributed by atoms with E-state index >= 15 is 0 Å². The molecule has 0 amide bonds. The second-order valence-electron chi connectivity index (χ2n) is 2.01. The summed E-state index contributed by atoms with van der Waals surface area (Å²) in [4.78, 5) is 3.55. The molecule has 4 heteroatoms. The van der Waals surface area contributed by atoms with Crippen molar-refractivity contribution in [2.24, 2.45) is 0 Å². The lowest BCUT2D eigenvalue weighted by atomic mass is 10.2. The molecule has 0 bridgehead atoms. The maximum atomic E-state index is 5.78. The zero-order chi connectivity index (χ0) is 7.56. The van der Waals surface area contributed by atoms with Crippen LogP contribution in [0.25, 0.3) is 4.85 Å². The van der Waals surface area contributed by atoms with Crippen molar-refractivity contribution >= 4 is 29.7 Å². The van der Waals surface area contributed by atoms with E-state index in [-0.39, 0.29) is 24.8 Å². The van der Waals surface area contributed by atoms with Crippen LogP contribution in [0.5, 0.6) is 0 Å². The summed E-state index contributed by atoms with van der Waals surface area (Å²) in [6.45, 7) is 6.97. The molecule has 0 aliphatic carbocycles. The molecule has 0 aliphatic heterocycles. The Hall–Kier alpha value is -0.420. The van der Waals surface area contributed by atoms with E-state index < -0.39 is 0 Å². The van der Waals surface area contributed by atoms with Gasteiger partial charge < -0.3 is 12.4 Å². The number of hydrogen-bond donors (Lipinski definition) is 0. The molecular formula is C8H8Cl3N. The van der Waals surface area contributed by atoms with Crippen molar-refractivity contribution in [2.45, 2.75) is 6.92 Å². The normalized spacial score (nSPS) is 7.42. The van der Waals surface area contributed by atoms with Gasteiger partial charge in [0.1, 0.15) is 0 Å². The summed E-state index contributed by atoms with van der Waals surface area (Å²) in [6, 6.07) is 5.45. The fraction of sp³-hybridized carbons (Fsp3) is 0.125. The van der Waals surface area contributed by atoms with Gasteiger partial charge in [0, 0.05) is 6.07 Å². The van der Waals surface area contributed by atoms with Crippen LogP contribution in [-0.4, -0.2) is 0 Å². The minimum Gasteiger partial charge on any atom is -1.00 e. The molecule has 0 saturated heterocycles. The molecule has 0 atom stereocenters. The van der Waals surface area contributed by atoms with Crippen molar-refractivity contribution in [3.63, 3.8) is 0 Å². The van der Waals surface area contributed by atoms with Crippen LogP contribution in [0.3, 0.4) is 0 Å². The Balaban J connectivity index is 0. The first kappa shape index (κ1) is 14.1. The minimum absolute atomic E-state index is 0. The summed E-state index contributed by atoms with van der Waals surface area (Å²) in [7, 11) is 0. The van der Waals surface area contributed by atoms with Crippen LogP contribution >= 0.6 is 24.0 Å². The first-order valence-corrected chi connectivity index (χ1v) is 3.29. The summed E-state index contributed by atoms with van der Waals surface area (Å²) < 4.78 is 0. The second kappa shape index (κ2) is 6.14. The minimum atomic E-state index is 0. The van der Waals surface area contributed by atoms with E-state index in [0.717, 1.165) is 11.3 Å². The van der Waals surface area contributed by atoms with Gasteiger partial charge in [0.05, 0.1) is 10.6 Å². The fourth-order valence-electron chi connectivity index (χ4n) is 0.736. The Kier molecular flexibility index (Phi) is 7.22. The van der Waals surface area contributed by atoms with Crippen LogP contribution in [0.15, 0.2) is 18.2 Å². The Bertz CT molecular complexity index is 291. The zero-order valence-corrected chi connectivity index (χ0v) is 8.75. The van der Waals surface area contributed by atoms with E-state index in [2.05, 4.69) is 4.85 Å². The summed E-state index contributed by atoms with van der Waals surface area (Å²) in [6.07, 6.45) is 0. The maximum absolute atomic E-state index is 5.78. The van der Waals surface area contributed by atoms with Crippen LogP contribution in [0, 0.1) is 13.5 Å². The van der Waals surface area contributed by atoms with Crippen molar-refractivity contribution in [1.82, 2.24) is 0 Å². The quantitative estimate of drug-likeness (QED) is 0.610. The number of benzene rings is 1. The van der Waals surface area contributed by atoms with Gasteiger partial charge in [-0.2, -0.15) is 0 Å². The molecule has 0 aliphatic rings. The molecule has 0 aromatic heterocycles. The number of rotatable bonds is 0. The summed E-state index contributed by atoms with van der Waals surface area (Å²) in [5.41, 5.74) is 1.67. The fourth-order valence-corrected chi connectivity index (χ4v) is 0.905. The number of halogens is 3. The highest BCUT2D eigenvalue weighted by Crippen LogP contribution is 2.24. The van der Waals surface area contributed by atoms with E-state index in [0.29, 0.717) is 5.02 Å². The van der Waals surface area contributed by atoms with Crippen LogP contribution in [0.4, 0.5) is 5.69 Å². The molecule has 0 radical (unpaired) electrons. The van der Waals surface area contributed by atoms with Crippen LogP contribution in [0.2, 0.25) is 5.02 Å². The zero-order valence-electron chi connectivity index (χ0n) is 6.42. The molecule has 1 aromatic rings. The molecule has 0 spiro atoms. The molecular weight excluding hydrogens is 216 g/mol. The highest BCUT2D eigenvalue weighted by molar-refractivity contribution is 6.31. The highest BCUT2D eigenvalue weighted by Gasteiger charge is 2.07. The number of hydrogen-bond acceptors (Lipinski definition) is 0. The average Bonchev–Trinajstić information content (AvgIpc) is 1.95. The SMILES string of the molecule is C#[N+]c1cccc(Cl)c1C.Cl.[Cl-]. The molecule has 0 unspecified atom stereocenters. The van der Waals surface area contributed by atoms with Gasteiger partial charge in [-0.15, -0.1) is 12.4 Å². The largest absolute Gasteiger partial charge is 1.00 e. The van der Waals surface area contributed by atoms with E-state index in [1.165, 1.54) is 0 Å². The smallest absolute Gasteiger partial charge is 0.344 e. The van der Waals surface area contributed by atoms with Gasteiger partial charge >= 0.3 is 5.69 Å². The predicted molar refractivity (Wildman–Crippen MR) is 51.4 cm³/mol. The van der Waals surface area contributed by atoms with Gasteiger partial charge in [-0.3, -0.25) is 0 Å². The van der Waals surface area contributed by atoms with Gasteiger partial charge in [0.2, 0.25) is 0 Å². The molecule has 1 aromatic carbocycles. The molecule has 0 fully saturated rings. The first-order valence-electron chi connectivity index (χ1n) is 2.91. The standard InChI is InChI=1S/C8H7ClN.2ClH/c1-6-7(9)4-3-5-8(6)10-2;;/h2-5H,1H3;2*1H/q+1;;/p-1. The van der Waals surface area contributed by atoms with Gasteiger partial charge in [-0.25, -0.2) is 0 Å². The second-order valence-corrected chi connectivity index (χ2v) is 2.42. The van der Waals surface area contributed by atoms with Gasteiger partial charge in [-0.1, -0.05) is 17.7 Å². The Morgan fingerprint density at radius 2 is 2.00 bits per heavy atom. The van der Waals surface area contributed by atoms with Crippen molar-refractivity contribution in [1.29, 1.82) is 0 Å². The van der Waals surface area contributed by atoms with E-state index in [4.69, 9.17) is 18.2 Å². The molecule has 0 heterocycles. The summed E-state index contributed by atoms with van der Waals surface area (Å²) in [5.74, 6) is 0. The molecule has 0 N–H and O–H groups in total. The van der Waals surface area contributed by atoms with Gasteiger partial charge in [-0.05, 0) is 17.8 Å². The topological polar surface area (TPSA) is 4.36 Å². The van der Waals surface area contributed by atoms with Crippen LogP contribution in [0.1, 0.15) is 5.56 Å². The highest BCUT2D eigenvalue weighted by atomic mass is 35.5. The molecule has 12 heavy (non-hydrogen) atoms. The lowest BCUT2D eigenvalue weighted by Gasteiger charge is -1.90. The average molecular weight is 225 g/mol. The molecule has 1 nitrogen and oxygen atoms in total. The van der Waals surface area contributed by atoms with Crippen molar-refractivity contribution in [2.75, 3.05) is 0 Å². The van der Waals surface area contributed by atoms with Crippen molar-refractivity contribution < 1.29 is 12.4 Å². The Morgan fingerprint density at radius 1 is 1.42 bits per heavy atom. The first-order chi connectivity index (χ1) is 4.75. The molecule has 0 saturated carbocycles. The van der Waals surface area contributed by atoms with Crippen molar-refractivity contribution in [3.8, 4) is 6.57 Å². The molecule has 66 valence electrons. The van der Waals surface area contributed by atoms with Gasteiger partial charge in [0.15, 0.2) is 0 Å². The third-order valence-electron chi connectivity index (χ3n) is 1.38.